The lowest BCUT2D eigenvalue weighted by Gasteiger charge is -2.21. The minimum absolute atomic E-state index is 0.300. The van der Waals surface area contributed by atoms with Gasteiger partial charge in [0.2, 0.25) is 0 Å². The van der Waals surface area contributed by atoms with E-state index in [-0.39, 0.29) is 0 Å². The fourth-order valence-corrected chi connectivity index (χ4v) is 2.06. The van der Waals surface area contributed by atoms with Crippen LogP contribution in [0.25, 0.3) is 0 Å². The predicted octanol–water partition coefficient (Wildman–Crippen LogP) is 1.98. The number of ether oxygens (including phenoxy) is 1. The summed E-state index contributed by atoms with van der Waals surface area (Å²) in [6, 6.07) is 7.70. The first-order valence-corrected chi connectivity index (χ1v) is 5.84. The number of anilines is 2. The monoisotopic (exact) mass is 231 g/mol. The molecule has 90 valence electrons. The molecule has 3 N–H and O–H groups in total. The first-order valence-electron chi connectivity index (χ1n) is 5.84. The summed E-state index contributed by atoms with van der Waals surface area (Å²) in [5.41, 5.74) is 8.02. The van der Waals surface area contributed by atoms with Crippen molar-refractivity contribution in [2.45, 2.75) is 19.4 Å². The SMILES string of the molecule is CC(Nc1cc(C#N)ccc1N)C1CCOC1. The zero-order valence-electron chi connectivity index (χ0n) is 9.94. The van der Waals surface area contributed by atoms with Crippen molar-refractivity contribution in [1.82, 2.24) is 0 Å². The van der Waals surface area contributed by atoms with Gasteiger partial charge in [-0.1, -0.05) is 0 Å². The van der Waals surface area contributed by atoms with Gasteiger partial charge in [0, 0.05) is 18.6 Å². The Morgan fingerprint density at radius 2 is 2.41 bits per heavy atom. The zero-order valence-corrected chi connectivity index (χ0v) is 9.94. The Bertz CT molecular complexity index is 433. The van der Waals surface area contributed by atoms with Crippen LogP contribution in [0.2, 0.25) is 0 Å². The molecule has 2 unspecified atom stereocenters. The van der Waals surface area contributed by atoms with Crippen LogP contribution in [0, 0.1) is 17.2 Å². The number of rotatable bonds is 3. The van der Waals surface area contributed by atoms with Gasteiger partial charge in [-0.15, -0.1) is 0 Å². The van der Waals surface area contributed by atoms with Crippen molar-refractivity contribution in [2.75, 3.05) is 24.3 Å². The molecular formula is C13H17N3O. The average molecular weight is 231 g/mol. The quantitative estimate of drug-likeness (QED) is 0.780. The third-order valence-electron chi connectivity index (χ3n) is 3.24. The molecule has 0 radical (unpaired) electrons. The summed E-state index contributed by atoms with van der Waals surface area (Å²) in [4.78, 5) is 0. The summed E-state index contributed by atoms with van der Waals surface area (Å²) in [5.74, 6) is 0.514. The second kappa shape index (κ2) is 5.07. The second-order valence-corrected chi connectivity index (χ2v) is 4.47. The summed E-state index contributed by atoms with van der Waals surface area (Å²) in [6.07, 6.45) is 1.08. The Balaban J connectivity index is 2.09. The zero-order chi connectivity index (χ0) is 12.3. The summed E-state index contributed by atoms with van der Waals surface area (Å²) >= 11 is 0. The predicted molar refractivity (Wildman–Crippen MR) is 67.6 cm³/mol. The van der Waals surface area contributed by atoms with Gasteiger partial charge in [0.25, 0.3) is 0 Å². The van der Waals surface area contributed by atoms with Crippen molar-refractivity contribution in [1.29, 1.82) is 5.26 Å². The Morgan fingerprint density at radius 1 is 1.59 bits per heavy atom. The molecule has 0 bridgehead atoms. The minimum atomic E-state index is 0.300. The maximum Gasteiger partial charge on any atom is 0.0992 e. The molecule has 1 aromatic carbocycles. The maximum atomic E-state index is 8.86. The normalized spacial score (nSPS) is 20.8. The minimum Gasteiger partial charge on any atom is -0.397 e. The molecule has 1 saturated heterocycles. The topological polar surface area (TPSA) is 71.1 Å². The van der Waals surface area contributed by atoms with Crippen molar-refractivity contribution >= 4 is 11.4 Å². The molecule has 0 spiro atoms. The molecule has 17 heavy (non-hydrogen) atoms. The van der Waals surface area contributed by atoms with E-state index in [1.165, 1.54) is 0 Å². The Hall–Kier alpha value is -1.73. The molecule has 1 aromatic rings. The van der Waals surface area contributed by atoms with Crippen molar-refractivity contribution in [2.24, 2.45) is 5.92 Å². The van der Waals surface area contributed by atoms with E-state index in [0.717, 1.165) is 25.3 Å². The van der Waals surface area contributed by atoms with E-state index in [9.17, 15) is 0 Å². The van der Waals surface area contributed by atoms with E-state index in [1.807, 2.05) is 0 Å². The highest BCUT2D eigenvalue weighted by Crippen LogP contribution is 2.24. The molecule has 1 heterocycles. The summed E-state index contributed by atoms with van der Waals surface area (Å²) in [6.45, 7) is 3.76. The number of nitrogens with one attached hydrogen (secondary N) is 1. The lowest BCUT2D eigenvalue weighted by atomic mass is 10.00. The van der Waals surface area contributed by atoms with Crippen LogP contribution in [0.15, 0.2) is 18.2 Å². The van der Waals surface area contributed by atoms with Crippen LogP contribution in [-0.2, 0) is 4.74 Å². The first kappa shape index (κ1) is 11.7. The van der Waals surface area contributed by atoms with E-state index in [4.69, 9.17) is 15.7 Å². The van der Waals surface area contributed by atoms with E-state index in [1.54, 1.807) is 18.2 Å². The number of nitrogens with two attached hydrogens (primary N) is 1. The average Bonchev–Trinajstić information content (AvgIpc) is 2.85. The van der Waals surface area contributed by atoms with Crippen LogP contribution in [0.3, 0.4) is 0 Å². The molecule has 1 fully saturated rings. The highest BCUT2D eigenvalue weighted by atomic mass is 16.5. The van der Waals surface area contributed by atoms with Gasteiger partial charge in [-0.05, 0) is 31.5 Å². The van der Waals surface area contributed by atoms with Gasteiger partial charge < -0.3 is 15.8 Å². The number of nitrogens with zero attached hydrogens (tertiary/aromatic N) is 1. The van der Waals surface area contributed by atoms with Gasteiger partial charge in [-0.2, -0.15) is 5.26 Å². The molecular weight excluding hydrogens is 214 g/mol. The smallest absolute Gasteiger partial charge is 0.0992 e. The van der Waals surface area contributed by atoms with Crippen LogP contribution in [-0.4, -0.2) is 19.3 Å². The number of hydrogen-bond acceptors (Lipinski definition) is 4. The van der Waals surface area contributed by atoms with Crippen LogP contribution in [0.4, 0.5) is 11.4 Å². The van der Waals surface area contributed by atoms with E-state index >= 15 is 0 Å². The maximum absolute atomic E-state index is 8.86. The van der Waals surface area contributed by atoms with Gasteiger partial charge in [-0.25, -0.2) is 0 Å². The Labute approximate surface area is 101 Å². The third kappa shape index (κ3) is 2.69. The van der Waals surface area contributed by atoms with Crippen LogP contribution < -0.4 is 11.1 Å². The number of nitriles is 1. The highest BCUT2D eigenvalue weighted by molar-refractivity contribution is 5.68. The van der Waals surface area contributed by atoms with Gasteiger partial charge in [0.05, 0.1) is 29.6 Å². The molecule has 4 nitrogen and oxygen atoms in total. The molecule has 1 aliphatic rings. The second-order valence-electron chi connectivity index (χ2n) is 4.47. The molecule has 0 saturated carbocycles. The van der Waals surface area contributed by atoms with Crippen molar-refractivity contribution in [3.8, 4) is 6.07 Å². The highest BCUT2D eigenvalue weighted by Gasteiger charge is 2.22. The molecule has 0 amide bonds. The lowest BCUT2D eigenvalue weighted by molar-refractivity contribution is 0.183. The van der Waals surface area contributed by atoms with Crippen molar-refractivity contribution in [3.63, 3.8) is 0 Å². The Morgan fingerprint density at radius 3 is 3.06 bits per heavy atom. The fraction of sp³-hybridized carbons (Fsp3) is 0.462. The van der Waals surface area contributed by atoms with Crippen LogP contribution in [0.1, 0.15) is 18.9 Å². The molecule has 0 aliphatic carbocycles. The van der Waals surface area contributed by atoms with Crippen molar-refractivity contribution in [3.05, 3.63) is 23.8 Å². The molecule has 2 atom stereocenters. The van der Waals surface area contributed by atoms with Gasteiger partial charge >= 0.3 is 0 Å². The summed E-state index contributed by atoms with van der Waals surface area (Å²) < 4.78 is 5.37. The largest absolute Gasteiger partial charge is 0.397 e. The van der Waals surface area contributed by atoms with Gasteiger partial charge in [0.15, 0.2) is 0 Å². The Kier molecular flexibility index (Phi) is 3.50. The number of nitrogen functional groups attached to an aromatic ring is 1. The molecule has 4 heteroatoms. The fourth-order valence-electron chi connectivity index (χ4n) is 2.06. The molecule has 0 aromatic heterocycles. The van der Waals surface area contributed by atoms with E-state index in [0.29, 0.717) is 23.2 Å². The summed E-state index contributed by atoms with van der Waals surface area (Å²) in [5, 5.41) is 12.2. The first-order chi connectivity index (χ1) is 8.20. The molecule has 2 rings (SSSR count). The van der Waals surface area contributed by atoms with Crippen LogP contribution in [0.5, 0.6) is 0 Å². The van der Waals surface area contributed by atoms with Crippen molar-refractivity contribution < 1.29 is 4.74 Å². The standard InChI is InChI=1S/C13H17N3O/c1-9(11-4-5-17-8-11)16-13-6-10(7-14)2-3-12(13)15/h2-3,6,9,11,16H,4-5,8,15H2,1H3. The number of benzene rings is 1. The van der Waals surface area contributed by atoms with Gasteiger partial charge in [-0.3, -0.25) is 0 Å². The number of hydrogen-bond donors (Lipinski definition) is 2. The molecule has 1 aliphatic heterocycles. The van der Waals surface area contributed by atoms with Gasteiger partial charge in [0.1, 0.15) is 0 Å². The van der Waals surface area contributed by atoms with E-state index in [2.05, 4.69) is 18.3 Å². The van der Waals surface area contributed by atoms with E-state index < -0.39 is 0 Å². The van der Waals surface area contributed by atoms with Crippen LogP contribution >= 0.6 is 0 Å². The summed E-state index contributed by atoms with van der Waals surface area (Å²) in [7, 11) is 0. The lowest BCUT2D eigenvalue weighted by Crippen LogP contribution is -2.26. The third-order valence-corrected chi connectivity index (χ3v) is 3.24.